The van der Waals surface area contributed by atoms with Gasteiger partial charge in [0, 0.05) is 12.2 Å². The van der Waals surface area contributed by atoms with Gasteiger partial charge in [-0.25, -0.2) is 22.8 Å². The smallest absolute Gasteiger partial charge is 0.237 e. The Labute approximate surface area is 141 Å². The van der Waals surface area contributed by atoms with E-state index in [4.69, 9.17) is 0 Å². The third kappa shape index (κ3) is 3.52. The number of rotatable bonds is 6. The fourth-order valence-corrected chi connectivity index (χ4v) is 3.63. The van der Waals surface area contributed by atoms with E-state index in [1.54, 1.807) is 18.3 Å². The predicted molar refractivity (Wildman–Crippen MR) is 91.2 cm³/mol. The Morgan fingerprint density at radius 2 is 1.88 bits per heavy atom. The molecule has 1 atom stereocenters. The lowest BCUT2D eigenvalue weighted by Gasteiger charge is -2.16. The molecule has 0 aliphatic rings. The molecule has 0 radical (unpaired) electrons. The van der Waals surface area contributed by atoms with Gasteiger partial charge in [-0.3, -0.25) is 0 Å². The van der Waals surface area contributed by atoms with E-state index < -0.39 is 10.0 Å². The van der Waals surface area contributed by atoms with Gasteiger partial charge in [0.2, 0.25) is 10.0 Å². The first kappa shape index (κ1) is 16.4. The van der Waals surface area contributed by atoms with Crippen LogP contribution < -0.4 is 4.72 Å². The highest BCUT2D eigenvalue weighted by molar-refractivity contribution is 7.89. The van der Waals surface area contributed by atoms with Crippen LogP contribution in [-0.4, -0.2) is 23.2 Å². The van der Waals surface area contributed by atoms with E-state index in [-0.39, 0.29) is 10.9 Å². The van der Waals surface area contributed by atoms with E-state index >= 15 is 0 Å². The fraction of sp³-hybridized carbons (Fsp3) is 0.176. The van der Waals surface area contributed by atoms with Gasteiger partial charge in [0.1, 0.15) is 4.90 Å². The van der Waals surface area contributed by atoms with Gasteiger partial charge >= 0.3 is 0 Å². The normalized spacial score (nSPS) is 12.9. The van der Waals surface area contributed by atoms with Crippen molar-refractivity contribution in [1.82, 2.24) is 19.5 Å². The quantitative estimate of drug-likeness (QED) is 0.747. The number of hydrogen-bond donors (Lipinski definition) is 1. The lowest BCUT2D eigenvalue weighted by atomic mass is 10.1. The standard InChI is InChI=1S/C17H18N4O2S/c1-2-16(14-8-4-3-5-9-14)20-24(22,23)15-12-19-21(13-15)17-10-6-7-11-18-17/h3-13,16,20H,2H2,1H3/t16-/m1/s1. The molecule has 0 saturated carbocycles. The number of hydrogen-bond acceptors (Lipinski definition) is 4. The average Bonchev–Trinajstić information content (AvgIpc) is 3.12. The summed E-state index contributed by atoms with van der Waals surface area (Å²) in [5.74, 6) is 0.564. The summed E-state index contributed by atoms with van der Waals surface area (Å²) in [5.41, 5.74) is 0.931. The molecule has 0 unspecified atom stereocenters. The summed E-state index contributed by atoms with van der Waals surface area (Å²) in [6.45, 7) is 1.94. The second kappa shape index (κ2) is 6.94. The highest BCUT2D eigenvalue weighted by atomic mass is 32.2. The Bertz CT molecular complexity index is 893. The topological polar surface area (TPSA) is 76.9 Å². The first-order valence-electron chi connectivity index (χ1n) is 7.63. The van der Waals surface area contributed by atoms with E-state index in [0.29, 0.717) is 12.2 Å². The minimum atomic E-state index is -3.67. The van der Waals surface area contributed by atoms with Gasteiger partial charge in [-0.15, -0.1) is 0 Å². The van der Waals surface area contributed by atoms with Crippen molar-refractivity contribution in [3.8, 4) is 5.82 Å². The SMILES string of the molecule is CC[C@@H](NS(=O)(=O)c1cnn(-c2ccccn2)c1)c1ccccc1. The van der Waals surface area contributed by atoms with Crippen LogP contribution in [0.15, 0.2) is 72.0 Å². The Balaban J connectivity index is 1.84. The van der Waals surface area contributed by atoms with Crippen LogP contribution in [0.4, 0.5) is 0 Å². The summed E-state index contributed by atoms with van der Waals surface area (Å²) in [6.07, 6.45) is 5.07. The van der Waals surface area contributed by atoms with Crippen molar-refractivity contribution in [2.45, 2.75) is 24.3 Å². The Morgan fingerprint density at radius 3 is 2.54 bits per heavy atom. The molecule has 0 fully saturated rings. The zero-order valence-corrected chi connectivity index (χ0v) is 14.0. The molecule has 24 heavy (non-hydrogen) atoms. The molecule has 3 aromatic rings. The third-order valence-electron chi connectivity index (χ3n) is 3.66. The highest BCUT2D eigenvalue weighted by Gasteiger charge is 2.22. The largest absolute Gasteiger partial charge is 0.244 e. The zero-order chi connectivity index (χ0) is 17.0. The molecule has 124 valence electrons. The molecule has 1 aromatic carbocycles. The van der Waals surface area contributed by atoms with Crippen LogP contribution in [0.2, 0.25) is 0 Å². The van der Waals surface area contributed by atoms with E-state index in [9.17, 15) is 8.42 Å². The summed E-state index contributed by atoms with van der Waals surface area (Å²) in [7, 11) is -3.67. The minimum absolute atomic E-state index is 0.113. The van der Waals surface area contributed by atoms with Crippen molar-refractivity contribution in [2.75, 3.05) is 0 Å². The molecule has 3 rings (SSSR count). The molecule has 0 saturated heterocycles. The third-order valence-corrected chi connectivity index (χ3v) is 5.09. The van der Waals surface area contributed by atoms with Crippen LogP contribution in [0.1, 0.15) is 24.9 Å². The molecule has 0 spiro atoms. The van der Waals surface area contributed by atoms with Crippen LogP contribution in [0, 0.1) is 0 Å². The Hall–Kier alpha value is -2.51. The van der Waals surface area contributed by atoms with Crippen LogP contribution in [-0.2, 0) is 10.0 Å². The molecule has 2 aromatic heterocycles. The van der Waals surface area contributed by atoms with E-state index in [1.165, 1.54) is 17.1 Å². The predicted octanol–water partition coefficient (Wildman–Crippen LogP) is 2.70. The maximum absolute atomic E-state index is 12.6. The van der Waals surface area contributed by atoms with Gasteiger partial charge in [-0.2, -0.15) is 5.10 Å². The number of benzene rings is 1. The van der Waals surface area contributed by atoms with Crippen molar-refractivity contribution >= 4 is 10.0 Å². The van der Waals surface area contributed by atoms with E-state index in [1.807, 2.05) is 43.3 Å². The summed E-state index contributed by atoms with van der Waals surface area (Å²) in [6, 6.07) is 14.6. The number of sulfonamides is 1. The maximum atomic E-state index is 12.6. The lowest BCUT2D eigenvalue weighted by Crippen LogP contribution is -2.28. The first-order chi connectivity index (χ1) is 11.6. The molecule has 7 heteroatoms. The van der Waals surface area contributed by atoms with Gasteiger partial charge in [-0.1, -0.05) is 43.3 Å². The second-order valence-corrected chi connectivity index (χ2v) is 7.02. The van der Waals surface area contributed by atoms with Crippen molar-refractivity contribution in [3.63, 3.8) is 0 Å². The summed E-state index contributed by atoms with van der Waals surface area (Å²) < 4.78 is 29.5. The molecule has 1 N–H and O–H groups in total. The monoisotopic (exact) mass is 342 g/mol. The zero-order valence-electron chi connectivity index (χ0n) is 13.2. The minimum Gasteiger partial charge on any atom is -0.237 e. The fourth-order valence-electron chi connectivity index (χ4n) is 2.39. The van der Waals surface area contributed by atoms with Crippen molar-refractivity contribution in [2.24, 2.45) is 0 Å². The molecule has 0 amide bonds. The molecule has 2 heterocycles. The number of nitrogens with zero attached hydrogens (tertiary/aromatic N) is 3. The van der Waals surface area contributed by atoms with E-state index in [2.05, 4.69) is 14.8 Å². The number of aromatic nitrogens is 3. The Morgan fingerprint density at radius 1 is 1.12 bits per heavy atom. The summed E-state index contributed by atoms with van der Waals surface area (Å²) >= 11 is 0. The molecule has 0 bridgehead atoms. The molecular formula is C17H18N4O2S. The van der Waals surface area contributed by atoms with Gasteiger partial charge < -0.3 is 0 Å². The first-order valence-corrected chi connectivity index (χ1v) is 9.12. The van der Waals surface area contributed by atoms with Gasteiger partial charge in [0.25, 0.3) is 0 Å². The van der Waals surface area contributed by atoms with Crippen LogP contribution in [0.3, 0.4) is 0 Å². The van der Waals surface area contributed by atoms with Crippen LogP contribution in [0.25, 0.3) is 5.82 Å². The molecule has 6 nitrogen and oxygen atoms in total. The van der Waals surface area contributed by atoms with Crippen LogP contribution >= 0.6 is 0 Å². The van der Waals surface area contributed by atoms with Gasteiger partial charge in [0.15, 0.2) is 5.82 Å². The summed E-state index contributed by atoms with van der Waals surface area (Å²) in [4.78, 5) is 4.27. The second-order valence-electron chi connectivity index (χ2n) is 5.30. The van der Waals surface area contributed by atoms with Gasteiger partial charge in [0.05, 0.1) is 12.4 Å². The van der Waals surface area contributed by atoms with E-state index in [0.717, 1.165) is 5.56 Å². The molecule has 0 aliphatic heterocycles. The van der Waals surface area contributed by atoms with Gasteiger partial charge in [-0.05, 0) is 24.1 Å². The van der Waals surface area contributed by atoms with Crippen molar-refractivity contribution in [3.05, 3.63) is 72.7 Å². The van der Waals surface area contributed by atoms with Crippen molar-refractivity contribution < 1.29 is 8.42 Å². The maximum Gasteiger partial charge on any atom is 0.244 e. The molecule has 0 aliphatic carbocycles. The summed E-state index contributed by atoms with van der Waals surface area (Å²) in [5, 5.41) is 4.09. The van der Waals surface area contributed by atoms with Crippen LogP contribution in [0.5, 0.6) is 0 Å². The Kier molecular flexibility index (Phi) is 4.73. The number of pyridine rings is 1. The lowest BCUT2D eigenvalue weighted by molar-refractivity contribution is 0.550. The average molecular weight is 342 g/mol. The number of nitrogens with one attached hydrogen (secondary N) is 1. The van der Waals surface area contributed by atoms with Crippen molar-refractivity contribution in [1.29, 1.82) is 0 Å². The highest BCUT2D eigenvalue weighted by Crippen LogP contribution is 2.20. The molecular weight excluding hydrogens is 324 g/mol.